The molecule has 0 saturated carbocycles. The number of hydrogen-bond acceptors (Lipinski definition) is 4. The molecule has 2 atom stereocenters. The zero-order valence-corrected chi connectivity index (χ0v) is 15.5. The van der Waals surface area contributed by atoms with Gasteiger partial charge in [0.1, 0.15) is 5.25 Å². The van der Waals surface area contributed by atoms with Crippen molar-refractivity contribution in [1.29, 1.82) is 0 Å². The zero-order valence-electron chi connectivity index (χ0n) is 13.9. The van der Waals surface area contributed by atoms with E-state index in [0.29, 0.717) is 12.1 Å². The van der Waals surface area contributed by atoms with Crippen LogP contribution in [0, 0.1) is 0 Å². The molecule has 0 unspecified atom stereocenters. The Hall–Kier alpha value is -1.25. The van der Waals surface area contributed by atoms with Gasteiger partial charge < -0.3 is 5.32 Å². The van der Waals surface area contributed by atoms with Gasteiger partial charge in [-0.2, -0.15) is 0 Å². The van der Waals surface area contributed by atoms with Crippen LogP contribution in [0.2, 0.25) is 0 Å². The van der Waals surface area contributed by atoms with Gasteiger partial charge in [-0.3, -0.25) is 9.00 Å². The number of hydrogen-bond donors (Lipinski definition) is 1. The first-order valence-corrected chi connectivity index (χ1v) is 10.2. The van der Waals surface area contributed by atoms with Crippen LogP contribution in [-0.2, 0) is 31.4 Å². The maximum absolute atomic E-state index is 12.3. The van der Waals surface area contributed by atoms with Crippen LogP contribution < -0.4 is 5.32 Å². The van der Waals surface area contributed by atoms with E-state index in [1.54, 1.807) is 19.1 Å². The molecular formula is C15H24N2O4S2. The summed E-state index contributed by atoms with van der Waals surface area (Å²) in [6.45, 7) is 4.11. The first-order valence-electron chi connectivity index (χ1n) is 7.36. The first-order chi connectivity index (χ1) is 10.7. The molecule has 1 N–H and O–H groups in total. The molecule has 1 aromatic carbocycles. The molecule has 130 valence electrons. The molecule has 1 aromatic rings. The lowest BCUT2D eigenvalue weighted by molar-refractivity contribution is -0.120. The monoisotopic (exact) mass is 360 g/mol. The number of rotatable bonds is 8. The Morgan fingerprint density at radius 1 is 1.35 bits per heavy atom. The van der Waals surface area contributed by atoms with E-state index in [1.165, 1.54) is 26.2 Å². The summed E-state index contributed by atoms with van der Waals surface area (Å²) in [5.41, 5.74) is 0.626. The van der Waals surface area contributed by atoms with Gasteiger partial charge in [-0.05, 0) is 31.0 Å². The molecule has 6 nitrogen and oxygen atoms in total. The second-order valence-electron chi connectivity index (χ2n) is 5.39. The molecule has 0 spiro atoms. The fraction of sp³-hybridized carbons (Fsp3) is 0.533. The number of carbonyl (C=O) groups is 1. The summed E-state index contributed by atoms with van der Waals surface area (Å²) in [5.74, 6) is -0.112. The molecule has 0 heterocycles. The molecule has 0 aliphatic carbocycles. The van der Waals surface area contributed by atoms with E-state index in [0.717, 1.165) is 10.7 Å². The van der Waals surface area contributed by atoms with E-state index >= 15 is 0 Å². The Balaban J connectivity index is 2.86. The molecule has 0 radical (unpaired) electrons. The topological polar surface area (TPSA) is 83.5 Å². The standard InChI is InChI=1S/C15H24N2O4S2/c1-5-9-16-15(18)12(2)22(19)11-13-7-6-8-14(10-13)23(20,21)17(3)4/h6-8,10,12H,5,9,11H2,1-4H3,(H,16,18)/t12-,22-/m1/s1. The van der Waals surface area contributed by atoms with Gasteiger partial charge in [0.05, 0.1) is 4.90 Å². The maximum Gasteiger partial charge on any atom is 0.242 e. The Kier molecular flexibility index (Phi) is 7.37. The van der Waals surface area contributed by atoms with E-state index in [2.05, 4.69) is 5.32 Å². The number of amides is 1. The number of nitrogens with one attached hydrogen (secondary N) is 1. The van der Waals surface area contributed by atoms with Crippen LogP contribution in [0.4, 0.5) is 0 Å². The minimum atomic E-state index is -3.53. The van der Waals surface area contributed by atoms with Crippen LogP contribution in [0.3, 0.4) is 0 Å². The third kappa shape index (κ3) is 5.40. The molecule has 1 rings (SSSR count). The molecule has 0 aromatic heterocycles. The van der Waals surface area contributed by atoms with Crippen molar-refractivity contribution in [1.82, 2.24) is 9.62 Å². The van der Waals surface area contributed by atoms with Crippen molar-refractivity contribution < 1.29 is 17.4 Å². The Morgan fingerprint density at radius 3 is 2.57 bits per heavy atom. The molecule has 0 bridgehead atoms. The quantitative estimate of drug-likeness (QED) is 0.752. The van der Waals surface area contributed by atoms with Gasteiger partial charge in [0, 0.05) is 37.2 Å². The second-order valence-corrected chi connectivity index (χ2v) is 9.30. The Morgan fingerprint density at radius 2 is 2.00 bits per heavy atom. The second kappa shape index (κ2) is 8.56. The van der Waals surface area contributed by atoms with Crippen LogP contribution in [0.25, 0.3) is 0 Å². The van der Waals surface area contributed by atoms with Gasteiger partial charge in [0.15, 0.2) is 0 Å². The predicted octanol–water partition coefficient (Wildman–Crippen LogP) is 1.10. The number of benzene rings is 1. The van der Waals surface area contributed by atoms with Crippen LogP contribution in [0.5, 0.6) is 0 Å². The van der Waals surface area contributed by atoms with Crippen LogP contribution in [-0.4, -0.2) is 48.7 Å². The minimum absolute atomic E-state index is 0.136. The zero-order chi connectivity index (χ0) is 17.6. The molecule has 0 saturated heterocycles. The predicted molar refractivity (Wildman–Crippen MR) is 91.9 cm³/mol. The fourth-order valence-electron chi connectivity index (χ4n) is 1.81. The van der Waals surface area contributed by atoms with E-state index < -0.39 is 26.1 Å². The van der Waals surface area contributed by atoms with Gasteiger partial charge in [0.25, 0.3) is 0 Å². The lowest BCUT2D eigenvalue weighted by Crippen LogP contribution is -2.36. The molecule has 8 heteroatoms. The van der Waals surface area contributed by atoms with Crippen molar-refractivity contribution in [3.8, 4) is 0 Å². The summed E-state index contributed by atoms with van der Waals surface area (Å²) < 4.78 is 37.7. The van der Waals surface area contributed by atoms with Gasteiger partial charge in [0.2, 0.25) is 15.9 Å². The van der Waals surface area contributed by atoms with E-state index in [4.69, 9.17) is 0 Å². The lowest BCUT2D eigenvalue weighted by Gasteiger charge is -2.14. The Bertz CT molecular complexity index is 672. The summed E-state index contributed by atoms with van der Waals surface area (Å²) in [6, 6.07) is 6.33. The highest BCUT2D eigenvalue weighted by molar-refractivity contribution is 7.89. The summed E-state index contributed by atoms with van der Waals surface area (Å²) >= 11 is 0. The summed E-state index contributed by atoms with van der Waals surface area (Å²) in [7, 11) is -2.03. The van der Waals surface area contributed by atoms with Crippen LogP contribution >= 0.6 is 0 Å². The number of sulfonamides is 1. The molecule has 1 amide bonds. The average molecular weight is 361 g/mol. The van der Waals surface area contributed by atoms with Crippen molar-refractivity contribution in [2.24, 2.45) is 0 Å². The van der Waals surface area contributed by atoms with Crippen molar-refractivity contribution in [2.75, 3.05) is 20.6 Å². The summed E-state index contributed by atoms with van der Waals surface area (Å²) in [5, 5.41) is 2.07. The normalized spacial score (nSPS) is 14.5. The van der Waals surface area contributed by atoms with E-state index in [1.807, 2.05) is 6.92 Å². The van der Waals surface area contributed by atoms with E-state index in [9.17, 15) is 17.4 Å². The Labute approximate surface area is 140 Å². The molecule has 0 aliphatic heterocycles. The summed E-state index contributed by atoms with van der Waals surface area (Å²) in [6.07, 6.45) is 0.815. The lowest BCUT2D eigenvalue weighted by atomic mass is 10.2. The van der Waals surface area contributed by atoms with Gasteiger partial charge in [-0.25, -0.2) is 12.7 Å². The fourth-order valence-corrected chi connectivity index (χ4v) is 3.86. The van der Waals surface area contributed by atoms with Crippen LogP contribution in [0.15, 0.2) is 29.2 Å². The molecular weight excluding hydrogens is 336 g/mol. The highest BCUT2D eigenvalue weighted by Crippen LogP contribution is 2.16. The van der Waals surface area contributed by atoms with Crippen molar-refractivity contribution in [3.63, 3.8) is 0 Å². The number of nitrogens with zero attached hydrogens (tertiary/aromatic N) is 1. The molecule has 0 aliphatic rings. The highest BCUT2D eigenvalue weighted by Gasteiger charge is 2.21. The molecule has 0 fully saturated rings. The third-order valence-corrected chi connectivity index (χ3v) is 6.73. The van der Waals surface area contributed by atoms with Crippen molar-refractivity contribution in [3.05, 3.63) is 29.8 Å². The van der Waals surface area contributed by atoms with Crippen LogP contribution in [0.1, 0.15) is 25.8 Å². The average Bonchev–Trinajstić information content (AvgIpc) is 2.51. The maximum atomic E-state index is 12.3. The smallest absolute Gasteiger partial charge is 0.242 e. The van der Waals surface area contributed by atoms with Crippen molar-refractivity contribution >= 4 is 26.7 Å². The first kappa shape index (κ1) is 19.8. The SMILES string of the molecule is CCCNC(=O)[C@@H](C)[S@](=O)Cc1cccc(S(=O)(=O)N(C)C)c1. The summed E-state index contributed by atoms with van der Waals surface area (Å²) in [4.78, 5) is 12.0. The van der Waals surface area contributed by atoms with Gasteiger partial charge in [-0.1, -0.05) is 19.1 Å². The minimum Gasteiger partial charge on any atom is -0.355 e. The number of carbonyl (C=O) groups excluding carboxylic acids is 1. The van der Waals surface area contributed by atoms with Gasteiger partial charge in [-0.15, -0.1) is 0 Å². The van der Waals surface area contributed by atoms with Gasteiger partial charge >= 0.3 is 0 Å². The molecule has 23 heavy (non-hydrogen) atoms. The third-order valence-electron chi connectivity index (χ3n) is 3.30. The van der Waals surface area contributed by atoms with Crippen molar-refractivity contribution in [2.45, 2.75) is 36.2 Å². The highest BCUT2D eigenvalue weighted by atomic mass is 32.2. The largest absolute Gasteiger partial charge is 0.355 e. The van der Waals surface area contributed by atoms with E-state index in [-0.39, 0.29) is 16.6 Å².